The van der Waals surface area contributed by atoms with E-state index in [-0.39, 0.29) is 12.2 Å². The number of aryl methyl sites for hydroxylation is 1. The molecule has 0 aliphatic heterocycles. The van der Waals surface area contributed by atoms with Gasteiger partial charge in [0.25, 0.3) is 0 Å². The van der Waals surface area contributed by atoms with Gasteiger partial charge in [0, 0.05) is 5.56 Å². The third-order valence-corrected chi connectivity index (χ3v) is 2.94. The van der Waals surface area contributed by atoms with Gasteiger partial charge in [0.05, 0.1) is 12.1 Å². The van der Waals surface area contributed by atoms with E-state index in [1.807, 2.05) is 13.0 Å². The van der Waals surface area contributed by atoms with E-state index in [4.69, 9.17) is 10.5 Å². The summed E-state index contributed by atoms with van der Waals surface area (Å²) in [5, 5.41) is 0. The lowest BCUT2D eigenvalue weighted by atomic mass is 10.1. The maximum absolute atomic E-state index is 13.5. The van der Waals surface area contributed by atoms with Crippen molar-refractivity contribution >= 4 is 0 Å². The van der Waals surface area contributed by atoms with Crippen molar-refractivity contribution in [1.82, 2.24) is 0 Å². The molecule has 0 aliphatic rings. The van der Waals surface area contributed by atoms with E-state index in [1.165, 1.54) is 18.2 Å². The quantitative estimate of drug-likeness (QED) is 0.880. The minimum atomic E-state index is -0.613. The van der Waals surface area contributed by atoms with Gasteiger partial charge >= 0.3 is 0 Å². The number of ether oxygens (including phenoxy) is 1. The van der Waals surface area contributed by atoms with Crippen molar-refractivity contribution in [2.75, 3.05) is 6.54 Å². The summed E-state index contributed by atoms with van der Waals surface area (Å²) in [7, 11) is 0. The van der Waals surface area contributed by atoms with E-state index in [2.05, 4.69) is 11.8 Å². The Kier molecular flexibility index (Phi) is 4.91. The average Bonchev–Trinajstić information content (AvgIpc) is 2.46. The first kappa shape index (κ1) is 15.0. The predicted octanol–water partition coefficient (Wildman–Crippen LogP) is 3.16. The molecule has 108 valence electrons. The van der Waals surface area contributed by atoms with Gasteiger partial charge in [0.1, 0.15) is 24.0 Å². The van der Waals surface area contributed by atoms with Gasteiger partial charge < -0.3 is 10.5 Å². The first-order valence-corrected chi connectivity index (χ1v) is 6.47. The molecule has 0 bridgehead atoms. The van der Waals surface area contributed by atoms with Crippen LogP contribution in [0.4, 0.5) is 8.78 Å². The molecular weight excluding hydrogens is 272 g/mol. The van der Waals surface area contributed by atoms with Crippen molar-refractivity contribution < 1.29 is 13.5 Å². The molecule has 0 amide bonds. The summed E-state index contributed by atoms with van der Waals surface area (Å²) in [5.74, 6) is 5.02. The molecule has 0 radical (unpaired) electrons. The highest BCUT2D eigenvalue weighted by Gasteiger charge is 2.09. The Balaban J connectivity index is 2.14. The zero-order valence-corrected chi connectivity index (χ0v) is 11.6. The minimum absolute atomic E-state index is 0.0797. The van der Waals surface area contributed by atoms with Crippen LogP contribution in [0.5, 0.6) is 5.75 Å². The van der Waals surface area contributed by atoms with Gasteiger partial charge in [0.2, 0.25) is 0 Å². The number of hydrogen-bond acceptors (Lipinski definition) is 2. The predicted molar refractivity (Wildman–Crippen MR) is 77.8 cm³/mol. The van der Waals surface area contributed by atoms with Crippen LogP contribution in [0.1, 0.15) is 16.7 Å². The number of rotatable bonds is 3. The SMILES string of the molecule is Cc1cc(C#CCN)ccc1OCc1c(F)cccc1F. The highest BCUT2D eigenvalue weighted by atomic mass is 19.1. The van der Waals surface area contributed by atoms with Gasteiger partial charge in [-0.25, -0.2) is 8.78 Å². The van der Waals surface area contributed by atoms with Gasteiger partial charge in [-0.2, -0.15) is 0 Å². The van der Waals surface area contributed by atoms with Crippen LogP contribution < -0.4 is 10.5 Å². The topological polar surface area (TPSA) is 35.2 Å². The molecule has 0 atom stereocenters. The van der Waals surface area contributed by atoms with E-state index in [9.17, 15) is 8.78 Å². The molecule has 2 aromatic rings. The van der Waals surface area contributed by atoms with E-state index in [0.29, 0.717) is 12.3 Å². The summed E-state index contributed by atoms with van der Waals surface area (Å²) in [4.78, 5) is 0. The second-order valence-electron chi connectivity index (χ2n) is 4.48. The largest absolute Gasteiger partial charge is 0.488 e. The standard InChI is InChI=1S/C17H15F2NO/c1-12-10-13(4-3-9-20)7-8-17(12)21-11-14-15(18)5-2-6-16(14)19/h2,5-8,10H,9,11,20H2,1H3. The number of benzene rings is 2. The molecule has 0 heterocycles. The number of hydrogen-bond donors (Lipinski definition) is 1. The molecular formula is C17H15F2NO. The van der Waals surface area contributed by atoms with Crippen molar-refractivity contribution in [3.05, 3.63) is 64.7 Å². The van der Waals surface area contributed by atoms with Crippen molar-refractivity contribution in [3.63, 3.8) is 0 Å². The first-order valence-electron chi connectivity index (χ1n) is 6.47. The van der Waals surface area contributed by atoms with Crippen molar-refractivity contribution in [3.8, 4) is 17.6 Å². The molecule has 2 rings (SSSR count). The number of halogens is 2. The molecule has 0 spiro atoms. The Bertz CT molecular complexity index is 681. The fraction of sp³-hybridized carbons (Fsp3) is 0.176. The van der Waals surface area contributed by atoms with Crippen molar-refractivity contribution in [2.24, 2.45) is 5.73 Å². The Morgan fingerprint density at radius 3 is 2.48 bits per heavy atom. The Hall–Kier alpha value is -2.38. The number of nitrogens with two attached hydrogens (primary N) is 1. The van der Waals surface area contributed by atoms with Crippen molar-refractivity contribution in [1.29, 1.82) is 0 Å². The Morgan fingerprint density at radius 2 is 1.86 bits per heavy atom. The highest BCUT2D eigenvalue weighted by molar-refractivity contribution is 5.43. The molecule has 2 N–H and O–H groups in total. The lowest BCUT2D eigenvalue weighted by molar-refractivity contribution is 0.290. The van der Waals surface area contributed by atoms with Crippen LogP contribution in [0.3, 0.4) is 0 Å². The summed E-state index contributed by atoms with van der Waals surface area (Å²) in [6.45, 7) is 1.98. The maximum atomic E-state index is 13.5. The molecule has 0 saturated carbocycles. The van der Waals surface area contributed by atoms with Crippen LogP contribution in [0.15, 0.2) is 36.4 Å². The average molecular weight is 287 g/mol. The van der Waals surface area contributed by atoms with Crippen LogP contribution in [0.2, 0.25) is 0 Å². The van der Waals surface area contributed by atoms with Gasteiger partial charge in [-0.05, 0) is 42.8 Å². The molecule has 0 fully saturated rings. The molecule has 4 heteroatoms. The lowest BCUT2D eigenvalue weighted by Crippen LogP contribution is -2.02. The molecule has 2 nitrogen and oxygen atoms in total. The summed E-state index contributed by atoms with van der Waals surface area (Å²) in [6, 6.07) is 9.09. The van der Waals surface area contributed by atoms with Gasteiger partial charge in [-0.15, -0.1) is 0 Å². The lowest BCUT2D eigenvalue weighted by Gasteiger charge is -2.10. The zero-order chi connectivity index (χ0) is 15.2. The van der Waals surface area contributed by atoms with Crippen LogP contribution in [-0.2, 0) is 6.61 Å². The second kappa shape index (κ2) is 6.87. The smallest absolute Gasteiger partial charge is 0.132 e. The van der Waals surface area contributed by atoms with Crippen molar-refractivity contribution in [2.45, 2.75) is 13.5 Å². The van der Waals surface area contributed by atoms with Crippen LogP contribution in [-0.4, -0.2) is 6.54 Å². The van der Waals surface area contributed by atoms with E-state index < -0.39 is 11.6 Å². The van der Waals surface area contributed by atoms with Crippen LogP contribution >= 0.6 is 0 Å². The first-order chi connectivity index (χ1) is 10.1. The maximum Gasteiger partial charge on any atom is 0.132 e. The third kappa shape index (κ3) is 3.80. The Morgan fingerprint density at radius 1 is 1.14 bits per heavy atom. The van der Waals surface area contributed by atoms with Gasteiger partial charge in [-0.1, -0.05) is 17.9 Å². The minimum Gasteiger partial charge on any atom is -0.488 e. The fourth-order valence-corrected chi connectivity index (χ4v) is 1.86. The van der Waals surface area contributed by atoms with Gasteiger partial charge in [-0.3, -0.25) is 0 Å². The molecule has 0 unspecified atom stereocenters. The second-order valence-corrected chi connectivity index (χ2v) is 4.48. The van der Waals surface area contributed by atoms with Crippen LogP contribution in [0.25, 0.3) is 0 Å². The normalized spacial score (nSPS) is 9.90. The third-order valence-electron chi connectivity index (χ3n) is 2.94. The van der Waals surface area contributed by atoms with Crippen LogP contribution in [0, 0.1) is 30.4 Å². The summed E-state index contributed by atoms with van der Waals surface area (Å²) in [6.07, 6.45) is 0. The monoisotopic (exact) mass is 287 g/mol. The molecule has 0 saturated heterocycles. The molecule has 0 aromatic heterocycles. The zero-order valence-electron chi connectivity index (χ0n) is 11.6. The van der Waals surface area contributed by atoms with E-state index >= 15 is 0 Å². The molecule has 0 aliphatic carbocycles. The summed E-state index contributed by atoms with van der Waals surface area (Å²) >= 11 is 0. The Labute approximate surface area is 122 Å². The summed E-state index contributed by atoms with van der Waals surface area (Å²) < 4.78 is 32.5. The summed E-state index contributed by atoms with van der Waals surface area (Å²) in [5.41, 5.74) is 6.90. The van der Waals surface area contributed by atoms with Gasteiger partial charge in [0.15, 0.2) is 0 Å². The molecule has 21 heavy (non-hydrogen) atoms. The van der Waals surface area contributed by atoms with E-state index in [1.54, 1.807) is 12.1 Å². The highest BCUT2D eigenvalue weighted by Crippen LogP contribution is 2.21. The molecule has 2 aromatic carbocycles. The fourth-order valence-electron chi connectivity index (χ4n) is 1.86. The van der Waals surface area contributed by atoms with E-state index in [0.717, 1.165) is 11.1 Å².